The Labute approximate surface area is 113 Å². The van der Waals surface area contributed by atoms with E-state index >= 15 is 0 Å². The molecule has 6 heteroatoms. The first-order valence-corrected chi connectivity index (χ1v) is 6.51. The lowest BCUT2D eigenvalue weighted by Crippen LogP contribution is -2.45. The molecule has 19 heavy (non-hydrogen) atoms. The molecule has 0 saturated carbocycles. The number of aliphatic carboxylic acids is 1. The second-order valence-electron chi connectivity index (χ2n) is 5.28. The van der Waals surface area contributed by atoms with E-state index in [-0.39, 0.29) is 18.1 Å². The first-order valence-electron chi connectivity index (χ1n) is 6.51. The number of carboxylic acids is 1. The van der Waals surface area contributed by atoms with Crippen molar-refractivity contribution in [1.29, 1.82) is 0 Å². The molecule has 0 aliphatic heterocycles. The predicted molar refractivity (Wildman–Crippen MR) is 73.0 cm³/mol. The highest BCUT2D eigenvalue weighted by Crippen LogP contribution is 2.17. The second-order valence-corrected chi connectivity index (χ2v) is 5.28. The Morgan fingerprint density at radius 3 is 2.63 bits per heavy atom. The summed E-state index contributed by atoms with van der Waals surface area (Å²) in [6.07, 6.45) is 4.67. The van der Waals surface area contributed by atoms with Gasteiger partial charge >= 0.3 is 12.0 Å². The van der Waals surface area contributed by atoms with Crippen LogP contribution >= 0.6 is 0 Å². The van der Waals surface area contributed by atoms with E-state index in [1.807, 2.05) is 21.0 Å². The Kier molecular flexibility index (Phi) is 5.82. The van der Waals surface area contributed by atoms with Crippen LogP contribution in [0.2, 0.25) is 0 Å². The lowest BCUT2D eigenvalue weighted by molar-refractivity contribution is -0.140. The Balaban J connectivity index is 2.25. The van der Waals surface area contributed by atoms with Gasteiger partial charge < -0.3 is 20.6 Å². The number of carbonyl (C=O) groups excluding carboxylic acids is 1. The lowest BCUT2D eigenvalue weighted by atomic mass is 10.1. The van der Waals surface area contributed by atoms with Gasteiger partial charge in [-0.1, -0.05) is 12.2 Å². The SMILES string of the molecule is CC(CCN(C)C)NC(=O)NC1C=CC(C(=O)O)C1. The Morgan fingerprint density at radius 2 is 2.11 bits per heavy atom. The number of amides is 2. The summed E-state index contributed by atoms with van der Waals surface area (Å²) in [6, 6.07) is -0.350. The number of hydrogen-bond donors (Lipinski definition) is 3. The molecule has 108 valence electrons. The highest BCUT2D eigenvalue weighted by atomic mass is 16.4. The van der Waals surface area contributed by atoms with E-state index < -0.39 is 11.9 Å². The van der Waals surface area contributed by atoms with Crippen molar-refractivity contribution in [2.75, 3.05) is 20.6 Å². The van der Waals surface area contributed by atoms with Crippen molar-refractivity contribution in [2.45, 2.75) is 31.8 Å². The number of urea groups is 1. The van der Waals surface area contributed by atoms with Crippen LogP contribution in [0.25, 0.3) is 0 Å². The van der Waals surface area contributed by atoms with E-state index in [0.29, 0.717) is 6.42 Å². The first kappa shape index (κ1) is 15.5. The highest BCUT2D eigenvalue weighted by molar-refractivity contribution is 5.76. The van der Waals surface area contributed by atoms with E-state index in [9.17, 15) is 9.59 Å². The molecule has 0 spiro atoms. The van der Waals surface area contributed by atoms with E-state index in [2.05, 4.69) is 15.5 Å². The molecule has 3 atom stereocenters. The van der Waals surface area contributed by atoms with Gasteiger partial charge in [0.25, 0.3) is 0 Å². The van der Waals surface area contributed by atoms with Gasteiger partial charge in [-0.25, -0.2) is 4.79 Å². The van der Waals surface area contributed by atoms with Gasteiger partial charge in [-0.2, -0.15) is 0 Å². The molecule has 0 fully saturated rings. The zero-order valence-corrected chi connectivity index (χ0v) is 11.7. The maximum atomic E-state index is 11.7. The third kappa shape index (κ3) is 5.74. The summed E-state index contributed by atoms with van der Waals surface area (Å²) in [5, 5.41) is 14.5. The van der Waals surface area contributed by atoms with Gasteiger partial charge in [-0.05, 0) is 40.4 Å². The maximum absolute atomic E-state index is 11.7. The quantitative estimate of drug-likeness (QED) is 0.619. The second kappa shape index (κ2) is 7.13. The fraction of sp³-hybridized carbons (Fsp3) is 0.692. The third-order valence-electron chi connectivity index (χ3n) is 3.10. The van der Waals surface area contributed by atoms with Crippen molar-refractivity contribution in [3.8, 4) is 0 Å². The Hall–Kier alpha value is -1.56. The van der Waals surface area contributed by atoms with Gasteiger partial charge in [0.2, 0.25) is 0 Å². The number of hydrogen-bond acceptors (Lipinski definition) is 3. The van der Waals surface area contributed by atoms with Gasteiger partial charge in [0, 0.05) is 6.04 Å². The number of carboxylic acid groups (broad SMARTS) is 1. The van der Waals surface area contributed by atoms with Crippen molar-refractivity contribution >= 4 is 12.0 Å². The number of nitrogens with zero attached hydrogens (tertiary/aromatic N) is 1. The minimum Gasteiger partial charge on any atom is -0.481 e. The van der Waals surface area contributed by atoms with Crippen LogP contribution in [-0.4, -0.2) is 54.7 Å². The van der Waals surface area contributed by atoms with E-state index in [1.165, 1.54) is 0 Å². The summed E-state index contributed by atoms with van der Waals surface area (Å²) < 4.78 is 0. The summed E-state index contributed by atoms with van der Waals surface area (Å²) in [4.78, 5) is 24.6. The van der Waals surface area contributed by atoms with Crippen LogP contribution in [0.15, 0.2) is 12.2 Å². The van der Waals surface area contributed by atoms with Crippen molar-refractivity contribution in [2.24, 2.45) is 5.92 Å². The van der Waals surface area contributed by atoms with Crippen molar-refractivity contribution < 1.29 is 14.7 Å². The van der Waals surface area contributed by atoms with Crippen LogP contribution in [0, 0.1) is 5.92 Å². The van der Waals surface area contributed by atoms with Gasteiger partial charge in [-0.3, -0.25) is 4.79 Å². The van der Waals surface area contributed by atoms with Gasteiger partial charge in [0.05, 0.1) is 12.0 Å². The maximum Gasteiger partial charge on any atom is 0.315 e. The lowest BCUT2D eigenvalue weighted by Gasteiger charge is -2.19. The molecule has 6 nitrogen and oxygen atoms in total. The smallest absolute Gasteiger partial charge is 0.315 e. The van der Waals surface area contributed by atoms with Gasteiger partial charge in [-0.15, -0.1) is 0 Å². The van der Waals surface area contributed by atoms with E-state index in [0.717, 1.165) is 13.0 Å². The average molecular weight is 269 g/mol. The molecule has 1 aliphatic rings. The molecular formula is C13H23N3O3. The van der Waals surface area contributed by atoms with Crippen LogP contribution in [0.5, 0.6) is 0 Å². The zero-order valence-electron chi connectivity index (χ0n) is 11.7. The third-order valence-corrected chi connectivity index (χ3v) is 3.10. The van der Waals surface area contributed by atoms with Crippen LogP contribution in [0.3, 0.4) is 0 Å². The monoisotopic (exact) mass is 269 g/mol. The summed E-state index contributed by atoms with van der Waals surface area (Å²) in [5.74, 6) is -1.34. The minimum atomic E-state index is -0.847. The molecule has 3 unspecified atom stereocenters. The van der Waals surface area contributed by atoms with E-state index in [1.54, 1.807) is 12.2 Å². The Morgan fingerprint density at radius 1 is 1.42 bits per heavy atom. The molecule has 0 bridgehead atoms. The molecular weight excluding hydrogens is 246 g/mol. The molecule has 0 saturated heterocycles. The molecule has 0 aromatic carbocycles. The normalized spacial score (nSPS) is 23.4. The molecule has 0 aromatic heterocycles. The largest absolute Gasteiger partial charge is 0.481 e. The topological polar surface area (TPSA) is 81.7 Å². The van der Waals surface area contributed by atoms with Crippen molar-refractivity contribution in [1.82, 2.24) is 15.5 Å². The molecule has 2 amide bonds. The van der Waals surface area contributed by atoms with Gasteiger partial charge in [0.15, 0.2) is 0 Å². The minimum absolute atomic E-state index is 0.0862. The van der Waals surface area contributed by atoms with Crippen LogP contribution in [-0.2, 0) is 4.79 Å². The number of carbonyl (C=O) groups is 2. The number of nitrogens with one attached hydrogen (secondary N) is 2. The number of rotatable bonds is 6. The van der Waals surface area contributed by atoms with E-state index in [4.69, 9.17) is 5.11 Å². The summed E-state index contributed by atoms with van der Waals surface area (Å²) in [5.41, 5.74) is 0. The average Bonchev–Trinajstić information content (AvgIpc) is 2.74. The predicted octanol–water partition coefficient (Wildman–Crippen LogP) is 0.655. The molecule has 0 heterocycles. The molecule has 0 radical (unpaired) electrons. The Bertz CT molecular complexity index is 355. The fourth-order valence-corrected chi connectivity index (χ4v) is 1.95. The molecule has 1 aliphatic carbocycles. The summed E-state index contributed by atoms with van der Waals surface area (Å²) >= 11 is 0. The van der Waals surface area contributed by atoms with Crippen molar-refractivity contribution in [3.05, 3.63) is 12.2 Å². The standard InChI is InChI=1S/C13H23N3O3/c1-9(6-7-16(2)3)14-13(19)15-11-5-4-10(8-11)12(17)18/h4-5,9-11H,6-8H2,1-3H3,(H,17,18)(H2,14,15,19). The van der Waals surface area contributed by atoms with Crippen LogP contribution in [0.4, 0.5) is 4.79 Å². The fourth-order valence-electron chi connectivity index (χ4n) is 1.95. The summed E-state index contributed by atoms with van der Waals surface area (Å²) in [6.45, 7) is 2.86. The highest BCUT2D eigenvalue weighted by Gasteiger charge is 2.25. The van der Waals surface area contributed by atoms with Crippen LogP contribution < -0.4 is 10.6 Å². The summed E-state index contributed by atoms with van der Waals surface area (Å²) in [7, 11) is 3.98. The van der Waals surface area contributed by atoms with Crippen LogP contribution in [0.1, 0.15) is 19.8 Å². The molecule has 0 aromatic rings. The molecule has 3 N–H and O–H groups in total. The van der Waals surface area contributed by atoms with Gasteiger partial charge in [0.1, 0.15) is 0 Å². The molecule has 1 rings (SSSR count). The zero-order chi connectivity index (χ0) is 14.4. The van der Waals surface area contributed by atoms with Crippen molar-refractivity contribution in [3.63, 3.8) is 0 Å². The first-order chi connectivity index (χ1) is 8.88.